The minimum Gasteiger partial charge on any atom is -1.00 e. The third-order valence-electron chi connectivity index (χ3n) is 3.62. The van der Waals surface area contributed by atoms with Crippen LogP contribution in [0.4, 0.5) is 0 Å². The van der Waals surface area contributed by atoms with Crippen molar-refractivity contribution in [2.24, 2.45) is 0 Å². The summed E-state index contributed by atoms with van der Waals surface area (Å²) in [5.74, 6) is 0.502. The summed E-state index contributed by atoms with van der Waals surface area (Å²) in [5, 5.41) is 0. The molecule has 2 aromatic carbocycles. The molecule has 0 heterocycles. The number of allylic oxidation sites excluding steroid dienone is 4. The Kier molecular flexibility index (Phi) is 9.93. The van der Waals surface area contributed by atoms with Gasteiger partial charge in [-0.05, 0) is 11.5 Å². The molecule has 0 aromatic heterocycles. The van der Waals surface area contributed by atoms with Gasteiger partial charge in [-0.15, -0.1) is 17.5 Å². The summed E-state index contributed by atoms with van der Waals surface area (Å²) in [5.41, 5.74) is 5.51. The van der Waals surface area contributed by atoms with Crippen LogP contribution in [0.15, 0.2) is 60.7 Å². The summed E-state index contributed by atoms with van der Waals surface area (Å²) in [6, 6.07) is 18.2. The van der Waals surface area contributed by atoms with Gasteiger partial charge in [-0.1, -0.05) is 36.8 Å². The first kappa shape index (κ1) is 21.4. The second-order valence-electron chi connectivity index (χ2n) is 4.81. The van der Waals surface area contributed by atoms with Crippen molar-refractivity contribution >= 4 is 0 Å². The molecule has 0 saturated heterocycles. The van der Waals surface area contributed by atoms with Gasteiger partial charge in [0.25, 0.3) is 0 Å². The normalized spacial score (nSPS) is 15.2. The van der Waals surface area contributed by atoms with E-state index in [0.29, 0.717) is 5.92 Å². The fourth-order valence-electron chi connectivity index (χ4n) is 2.66. The van der Waals surface area contributed by atoms with Crippen molar-refractivity contribution in [2.45, 2.75) is 19.3 Å². The van der Waals surface area contributed by atoms with E-state index in [1.807, 2.05) is 18.2 Å². The van der Waals surface area contributed by atoms with Crippen LogP contribution >= 0.6 is 0 Å². The van der Waals surface area contributed by atoms with E-state index in [-0.39, 0.29) is 51.0 Å². The maximum absolute atomic E-state index is 3.35. The molecule has 3 heteroatoms. The van der Waals surface area contributed by atoms with E-state index in [0.717, 1.165) is 6.42 Å². The van der Waals surface area contributed by atoms with Crippen molar-refractivity contribution in [2.75, 3.05) is 0 Å². The van der Waals surface area contributed by atoms with Crippen LogP contribution in [0.3, 0.4) is 0 Å². The van der Waals surface area contributed by atoms with Crippen LogP contribution in [0.1, 0.15) is 30.4 Å². The Balaban J connectivity index is 0.000000482. The average molecular weight is 406 g/mol. The first-order chi connectivity index (χ1) is 9.38. The van der Waals surface area contributed by atoms with Gasteiger partial charge < -0.3 is 24.8 Å². The van der Waals surface area contributed by atoms with E-state index in [2.05, 4.69) is 61.5 Å². The van der Waals surface area contributed by atoms with Crippen molar-refractivity contribution in [3.63, 3.8) is 0 Å². The molecule has 22 heavy (non-hydrogen) atoms. The Morgan fingerprint density at radius 2 is 1.73 bits per heavy atom. The topological polar surface area (TPSA) is 0 Å². The van der Waals surface area contributed by atoms with E-state index >= 15 is 0 Å². The van der Waals surface area contributed by atoms with E-state index in [1.54, 1.807) is 0 Å². The largest absolute Gasteiger partial charge is 4.00 e. The zero-order valence-electron chi connectivity index (χ0n) is 12.3. The summed E-state index contributed by atoms with van der Waals surface area (Å²) in [6.45, 7) is 2.25. The number of benzene rings is 2. The molecule has 0 fully saturated rings. The molecule has 0 aliphatic heterocycles. The number of fused-ring (bicyclic) bond motifs is 3. The molecule has 0 nitrogen and oxygen atoms in total. The van der Waals surface area contributed by atoms with Crippen LogP contribution in [-0.4, -0.2) is 0 Å². The van der Waals surface area contributed by atoms with Gasteiger partial charge in [0, 0.05) is 0 Å². The molecule has 0 amide bonds. The number of halogens is 2. The Hall–Kier alpha value is -0.617. The van der Waals surface area contributed by atoms with Crippen molar-refractivity contribution < 1.29 is 51.0 Å². The molecule has 2 aliphatic rings. The third kappa shape index (κ3) is 4.45. The van der Waals surface area contributed by atoms with Crippen LogP contribution in [0.5, 0.6) is 0 Å². The van der Waals surface area contributed by atoms with E-state index in [4.69, 9.17) is 0 Å². The predicted molar refractivity (Wildman–Crippen MR) is 79.8 cm³/mol. The Bertz CT molecular complexity index is 592. The molecule has 0 bridgehead atoms. The molecular formula is C19H16Cl2Zr. The van der Waals surface area contributed by atoms with Crippen molar-refractivity contribution in [3.8, 4) is 11.1 Å². The first-order valence-electron chi connectivity index (χ1n) is 6.69. The Labute approximate surface area is 164 Å². The molecule has 110 valence electrons. The zero-order valence-corrected chi connectivity index (χ0v) is 16.3. The van der Waals surface area contributed by atoms with Crippen LogP contribution in [0, 0.1) is 12.1 Å². The van der Waals surface area contributed by atoms with E-state index in [1.165, 1.54) is 22.3 Å². The van der Waals surface area contributed by atoms with Gasteiger partial charge in [-0.3, -0.25) is 6.08 Å². The van der Waals surface area contributed by atoms with Gasteiger partial charge in [0.1, 0.15) is 0 Å². The Morgan fingerprint density at radius 3 is 2.36 bits per heavy atom. The molecule has 0 saturated carbocycles. The van der Waals surface area contributed by atoms with Crippen LogP contribution < -0.4 is 24.8 Å². The maximum Gasteiger partial charge on any atom is 4.00 e. The summed E-state index contributed by atoms with van der Waals surface area (Å²) in [4.78, 5) is 0. The first-order valence-corrected chi connectivity index (χ1v) is 6.69. The summed E-state index contributed by atoms with van der Waals surface area (Å²) < 4.78 is 0. The van der Waals surface area contributed by atoms with Gasteiger partial charge in [-0.2, -0.15) is 30.3 Å². The summed E-state index contributed by atoms with van der Waals surface area (Å²) in [6.07, 6.45) is 10.0. The summed E-state index contributed by atoms with van der Waals surface area (Å²) in [7, 11) is 0. The molecule has 0 radical (unpaired) electrons. The SMILES string of the molecule is CC1c2[c-]cccc2-c2ccccc21.[C-]1=CC=CC1.[Cl-].[Cl-].[Zr+4]. The van der Waals surface area contributed by atoms with Gasteiger partial charge in [0.05, 0.1) is 0 Å². The molecule has 1 atom stereocenters. The minimum absolute atomic E-state index is 0. The van der Waals surface area contributed by atoms with Gasteiger partial charge >= 0.3 is 26.2 Å². The van der Waals surface area contributed by atoms with Crippen LogP contribution in [0.2, 0.25) is 0 Å². The monoisotopic (exact) mass is 404 g/mol. The number of hydrogen-bond acceptors (Lipinski definition) is 0. The molecule has 0 N–H and O–H groups in total. The smallest absolute Gasteiger partial charge is 1.00 e. The van der Waals surface area contributed by atoms with Gasteiger partial charge in [-0.25, -0.2) is 12.2 Å². The summed E-state index contributed by atoms with van der Waals surface area (Å²) >= 11 is 0. The second kappa shape index (κ2) is 10.2. The second-order valence-corrected chi connectivity index (χ2v) is 4.81. The Morgan fingerprint density at radius 1 is 1.00 bits per heavy atom. The minimum atomic E-state index is 0. The van der Waals surface area contributed by atoms with Crippen molar-refractivity contribution in [1.29, 1.82) is 0 Å². The standard InChI is InChI=1S/C14H11.C5H5.2ClH.Zr/c1-10-11-6-2-4-8-13(11)14-9-5-3-7-12(10)14;1-2-4-5-3-1;;;/h2-6,8-10H,1H3;1-3H,4H2;2*1H;/q2*-1;;;+4/p-2. The van der Waals surface area contributed by atoms with E-state index in [9.17, 15) is 0 Å². The predicted octanol–water partition coefficient (Wildman–Crippen LogP) is -1.07. The number of rotatable bonds is 0. The van der Waals surface area contributed by atoms with Gasteiger partial charge in [0.2, 0.25) is 0 Å². The van der Waals surface area contributed by atoms with Gasteiger partial charge in [0.15, 0.2) is 0 Å². The quantitative estimate of drug-likeness (QED) is 0.489. The fraction of sp³-hybridized carbons (Fsp3) is 0.158. The molecular weight excluding hydrogens is 390 g/mol. The van der Waals surface area contributed by atoms with Crippen molar-refractivity contribution in [3.05, 3.63) is 84.0 Å². The molecule has 1 unspecified atom stereocenters. The fourth-order valence-corrected chi connectivity index (χ4v) is 2.66. The van der Waals surface area contributed by atoms with Crippen LogP contribution in [0.25, 0.3) is 11.1 Å². The van der Waals surface area contributed by atoms with Crippen molar-refractivity contribution in [1.82, 2.24) is 0 Å². The maximum atomic E-state index is 3.35. The molecule has 2 aromatic rings. The third-order valence-corrected chi connectivity index (χ3v) is 3.62. The molecule has 2 aliphatic carbocycles. The number of hydrogen-bond donors (Lipinski definition) is 0. The average Bonchev–Trinajstić information content (AvgIpc) is 3.12. The van der Waals surface area contributed by atoms with Crippen LogP contribution in [-0.2, 0) is 26.2 Å². The molecule has 4 rings (SSSR count). The molecule has 0 spiro atoms. The van der Waals surface area contributed by atoms with E-state index < -0.39 is 0 Å². The zero-order chi connectivity index (χ0) is 13.1.